The van der Waals surface area contributed by atoms with Crippen LogP contribution in [0.15, 0.2) is 54.6 Å². The summed E-state index contributed by atoms with van der Waals surface area (Å²) >= 11 is 0. The van der Waals surface area contributed by atoms with Crippen LogP contribution in [0.25, 0.3) is 21.9 Å². The van der Waals surface area contributed by atoms with Crippen molar-refractivity contribution in [2.75, 3.05) is 0 Å². The molecule has 3 aromatic carbocycles. The molecule has 164 valence electrons. The molecule has 0 aliphatic heterocycles. The van der Waals surface area contributed by atoms with Gasteiger partial charge in [0.2, 0.25) is 0 Å². The summed E-state index contributed by atoms with van der Waals surface area (Å²) in [5.41, 5.74) is 4.24. The molecule has 0 nitrogen and oxygen atoms in total. The van der Waals surface area contributed by atoms with E-state index in [1.165, 1.54) is 75.3 Å². The summed E-state index contributed by atoms with van der Waals surface area (Å²) in [6, 6.07) is 18.6. The summed E-state index contributed by atoms with van der Waals surface area (Å²) in [6.07, 6.45) is 13.7. The number of halogens is 1. The normalized spacial score (nSPS) is 19.1. The van der Waals surface area contributed by atoms with Gasteiger partial charge in [0, 0.05) is 10.9 Å². The van der Waals surface area contributed by atoms with Crippen LogP contribution in [-0.2, 0) is 0 Å². The van der Waals surface area contributed by atoms with Crippen LogP contribution in [0.5, 0.6) is 0 Å². The monoisotopic (exact) mass is 416 g/mol. The fourth-order valence-electron chi connectivity index (χ4n) is 5.34. The molecule has 1 fully saturated rings. The molecule has 1 heteroatoms. The Kier molecular flexibility index (Phi) is 7.43. The molecule has 0 atom stereocenters. The maximum absolute atomic E-state index is 15.3. The van der Waals surface area contributed by atoms with Crippen molar-refractivity contribution in [3.8, 4) is 11.1 Å². The largest absolute Gasteiger partial charge is 0.206 e. The quantitative estimate of drug-likeness (QED) is 0.321. The number of aryl methyl sites for hydroxylation is 1. The Hall–Kier alpha value is -2.15. The summed E-state index contributed by atoms with van der Waals surface area (Å²) < 4.78 is 15.3. The predicted molar refractivity (Wildman–Crippen MR) is 132 cm³/mol. The van der Waals surface area contributed by atoms with Crippen molar-refractivity contribution in [1.82, 2.24) is 0 Å². The first-order chi connectivity index (χ1) is 15.2. The number of fused-ring (bicyclic) bond motifs is 1. The summed E-state index contributed by atoms with van der Waals surface area (Å²) in [7, 11) is 0. The third kappa shape index (κ3) is 5.37. The minimum atomic E-state index is -0.0975. The molecule has 0 aromatic heterocycles. The van der Waals surface area contributed by atoms with Crippen LogP contribution in [0.1, 0.15) is 88.2 Å². The van der Waals surface area contributed by atoms with Crippen LogP contribution >= 0.6 is 0 Å². The van der Waals surface area contributed by atoms with Crippen LogP contribution < -0.4 is 0 Å². The van der Waals surface area contributed by atoms with Crippen LogP contribution in [0.3, 0.4) is 0 Å². The molecule has 31 heavy (non-hydrogen) atoms. The highest BCUT2D eigenvalue weighted by Crippen LogP contribution is 2.39. The third-order valence-corrected chi connectivity index (χ3v) is 7.37. The molecule has 4 rings (SSSR count). The minimum Gasteiger partial charge on any atom is -0.206 e. The fraction of sp³-hybridized carbons (Fsp3) is 0.467. The van der Waals surface area contributed by atoms with E-state index in [2.05, 4.69) is 32.0 Å². The van der Waals surface area contributed by atoms with E-state index >= 15 is 4.39 Å². The third-order valence-electron chi connectivity index (χ3n) is 7.37. The zero-order valence-electron chi connectivity index (χ0n) is 19.3. The molecule has 0 bridgehead atoms. The molecule has 0 unspecified atom stereocenters. The molecule has 0 amide bonds. The van der Waals surface area contributed by atoms with Gasteiger partial charge in [0.15, 0.2) is 0 Å². The molecule has 1 aliphatic rings. The molecule has 0 heterocycles. The lowest BCUT2D eigenvalue weighted by Gasteiger charge is -2.29. The Morgan fingerprint density at radius 3 is 2.29 bits per heavy atom. The second-order valence-corrected chi connectivity index (χ2v) is 9.69. The van der Waals surface area contributed by atoms with Gasteiger partial charge in [-0.1, -0.05) is 106 Å². The first-order valence-corrected chi connectivity index (χ1v) is 12.4. The number of benzene rings is 3. The molecule has 3 aromatic rings. The maximum Gasteiger partial charge on any atom is 0.138 e. The first-order valence-electron chi connectivity index (χ1n) is 12.4. The van der Waals surface area contributed by atoms with Gasteiger partial charge in [0.05, 0.1) is 0 Å². The molecule has 1 saturated carbocycles. The summed E-state index contributed by atoms with van der Waals surface area (Å²) in [5, 5.41) is 1.77. The predicted octanol–water partition coefficient (Wildman–Crippen LogP) is 9.59. The van der Waals surface area contributed by atoms with Crippen molar-refractivity contribution in [2.45, 2.75) is 84.0 Å². The first kappa shape index (κ1) is 22.1. The van der Waals surface area contributed by atoms with Gasteiger partial charge in [0.25, 0.3) is 0 Å². The lowest BCUT2D eigenvalue weighted by molar-refractivity contribution is 0.302. The van der Waals surface area contributed by atoms with E-state index in [-0.39, 0.29) is 5.82 Å². The van der Waals surface area contributed by atoms with E-state index in [1.807, 2.05) is 36.4 Å². The van der Waals surface area contributed by atoms with Crippen molar-refractivity contribution in [1.29, 1.82) is 0 Å². The van der Waals surface area contributed by atoms with E-state index < -0.39 is 0 Å². The van der Waals surface area contributed by atoms with E-state index in [4.69, 9.17) is 0 Å². The summed E-state index contributed by atoms with van der Waals surface area (Å²) in [4.78, 5) is 0. The average molecular weight is 417 g/mol. The fourth-order valence-corrected chi connectivity index (χ4v) is 5.34. The van der Waals surface area contributed by atoms with Crippen molar-refractivity contribution in [3.05, 3.63) is 71.5 Å². The van der Waals surface area contributed by atoms with Crippen LogP contribution in [0, 0.1) is 18.7 Å². The van der Waals surface area contributed by atoms with Crippen LogP contribution in [0.2, 0.25) is 0 Å². The van der Waals surface area contributed by atoms with Crippen molar-refractivity contribution in [2.24, 2.45) is 5.92 Å². The number of unbranched alkanes of at least 4 members (excludes halogenated alkanes) is 4. The zero-order chi connectivity index (χ0) is 21.6. The summed E-state index contributed by atoms with van der Waals surface area (Å²) in [5.74, 6) is 1.47. The Balaban J connectivity index is 1.41. The topological polar surface area (TPSA) is 0 Å². The number of hydrogen-bond donors (Lipinski definition) is 0. The lowest BCUT2D eigenvalue weighted by atomic mass is 9.76. The van der Waals surface area contributed by atoms with Gasteiger partial charge in [-0.25, -0.2) is 4.39 Å². The molecule has 0 radical (unpaired) electrons. The van der Waals surface area contributed by atoms with Gasteiger partial charge in [-0.05, 0) is 61.0 Å². The van der Waals surface area contributed by atoms with Gasteiger partial charge in [-0.2, -0.15) is 0 Å². The van der Waals surface area contributed by atoms with E-state index in [9.17, 15) is 0 Å². The van der Waals surface area contributed by atoms with Crippen LogP contribution in [-0.4, -0.2) is 0 Å². The van der Waals surface area contributed by atoms with E-state index in [0.29, 0.717) is 11.5 Å². The average Bonchev–Trinajstić information content (AvgIpc) is 2.80. The lowest BCUT2D eigenvalue weighted by Crippen LogP contribution is -2.13. The molecule has 0 N–H and O–H groups in total. The van der Waals surface area contributed by atoms with Gasteiger partial charge >= 0.3 is 0 Å². The SMILES string of the molecule is CCCCCCCC1CCC(c2ccc3c(F)c(-c4ccc(C)cc4)ccc3c2)CC1. The Bertz CT molecular complexity index is 977. The molecule has 1 aliphatic carbocycles. The highest BCUT2D eigenvalue weighted by molar-refractivity contribution is 5.89. The van der Waals surface area contributed by atoms with Gasteiger partial charge in [0.1, 0.15) is 5.82 Å². The highest BCUT2D eigenvalue weighted by Gasteiger charge is 2.22. The number of rotatable bonds is 8. The number of hydrogen-bond acceptors (Lipinski definition) is 0. The van der Waals surface area contributed by atoms with E-state index in [1.54, 1.807) is 0 Å². The minimum absolute atomic E-state index is 0.0975. The van der Waals surface area contributed by atoms with Gasteiger partial charge < -0.3 is 0 Å². The molecular formula is C30H37F. The van der Waals surface area contributed by atoms with Gasteiger partial charge in [-0.3, -0.25) is 0 Å². The van der Waals surface area contributed by atoms with Gasteiger partial charge in [-0.15, -0.1) is 0 Å². The zero-order valence-corrected chi connectivity index (χ0v) is 19.3. The second kappa shape index (κ2) is 10.4. The van der Waals surface area contributed by atoms with Crippen LogP contribution in [0.4, 0.5) is 4.39 Å². The Morgan fingerprint density at radius 1 is 0.806 bits per heavy atom. The highest BCUT2D eigenvalue weighted by atomic mass is 19.1. The smallest absolute Gasteiger partial charge is 0.138 e. The molecule has 0 saturated heterocycles. The van der Waals surface area contributed by atoms with Crippen molar-refractivity contribution in [3.63, 3.8) is 0 Å². The summed E-state index contributed by atoms with van der Waals surface area (Å²) in [6.45, 7) is 4.34. The maximum atomic E-state index is 15.3. The second-order valence-electron chi connectivity index (χ2n) is 9.69. The Labute approximate surface area is 187 Å². The Morgan fingerprint density at radius 2 is 1.55 bits per heavy atom. The molecular weight excluding hydrogens is 379 g/mol. The van der Waals surface area contributed by atoms with Crippen molar-refractivity contribution < 1.29 is 4.39 Å². The standard InChI is InChI=1S/C30H37F/c1-3-4-5-6-7-8-23-11-15-24(16-12-23)26-17-19-29-27(21-26)18-20-28(30(29)31)25-13-9-22(2)10-14-25/h9-10,13-14,17-21,23-24H,3-8,11-12,15-16H2,1-2H3. The molecule has 0 spiro atoms. The van der Waals surface area contributed by atoms with E-state index in [0.717, 1.165) is 22.3 Å². The van der Waals surface area contributed by atoms with Crippen molar-refractivity contribution >= 4 is 10.8 Å².